The van der Waals surface area contributed by atoms with Crippen molar-refractivity contribution in [1.29, 1.82) is 0 Å². The number of carboxylic acid groups (broad SMARTS) is 1. The fourth-order valence-corrected chi connectivity index (χ4v) is 4.37. The molecule has 0 radical (unpaired) electrons. The van der Waals surface area contributed by atoms with Gasteiger partial charge >= 0.3 is 5.97 Å². The van der Waals surface area contributed by atoms with Gasteiger partial charge in [0, 0.05) is 6.04 Å². The molecule has 1 aliphatic carbocycles. The van der Waals surface area contributed by atoms with Gasteiger partial charge in [0.2, 0.25) is 10.0 Å². The molecule has 1 aromatic rings. The van der Waals surface area contributed by atoms with Gasteiger partial charge in [0.1, 0.15) is 5.75 Å². The number of aryl methyl sites for hydroxylation is 1. The van der Waals surface area contributed by atoms with Gasteiger partial charge in [-0.25, -0.2) is 13.1 Å². The molecule has 1 aliphatic rings. The number of rotatable bonds is 6. The summed E-state index contributed by atoms with van der Waals surface area (Å²) in [7, 11) is -3.62. The molecular formula is C17H25NO5S. The SMILES string of the molecule is CCOc1ccc(S(=O)(=O)NC2CCC(C)(C(=O)O)CC2)cc1C. The molecule has 24 heavy (non-hydrogen) atoms. The van der Waals surface area contributed by atoms with E-state index in [0.29, 0.717) is 38.0 Å². The summed E-state index contributed by atoms with van der Waals surface area (Å²) in [6.45, 7) is 5.92. The molecule has 0 atom stereocenters. The summed E-state index contributed by atoms with van der Waals surface area (Å²) in [5.41, 5.74) is 0.0133. The number of benzene rings is 1. The van der Waals surface area contributed by atoms with Gasteiger partial charge in [-0.2, -0.15) is 0 Å². The Hall–Kier alpha value is -1.60. The Balaban J connectivity index is 2.07. The molecular weight excluding hydrogens is 330 g/mol. The van der Waals surface area contributed by atoms with Crippen LogP contribution in [0.1, 0.15) is 45.1 Å². The molecule has 2 N–H and O–H groups in total. The van der Waals surface area contributed by atoms with Crippen molar-refractivity contribution in [3.05, 3.63) is 23.8 Å². The topological polar surface area (TPSA) is 92.7 Å². The van der Waals surface area contributed by atoms with Gasteiger partial charge in [0.25, 0.3) is 0 Å². The molecule has 1 fully saturated rings. The zero-order valence-electron chi connectivity index (χ0n) is 14.3. The van der Waals surface area contributed by atoms with Crippen LogP contribution in [-0.2, 0) is 14.8 Å². The van der Waals surface area contributed by atoms with Crippen LogP contribution in [0.15, 0.2) is 23.1 Å². The molecule has 134 valence electrons. The summed E-state index contributed by atoms with van der Waals surface area (Å²) >= 11 is 0. The summed E-state index contributed by atoms with van der Waals surface area (Å²) in [6, 6.07) is 4.56. The van der Waals surface area contributed by atoms with Gasteiger partial charge in [-0.3, -0.25) is 4.79 Å². The quantitative estimate of drug-likeness (QED) is 0.818. The van der Waals surface area contributed by atoms with Gasteiger partial charge in [-0.05, 0) is 70.2 Å². The Bertz CT molecular complexity index is 706. The number of carboxylic acids is 1. The third-order valence-corrected chi connectivity index (χ3v) is 6.20. The van der Waals surface area contributed by atoms with E-state index in [1.807, 2.05) is 13.8 Å². The van der Waals surface area contributed by atoms with Crippen LogP contribution in [0.4, 0.5) is 0 Å². The third-order valence-electron chi connectivity index (χ3n) is 4.68. The lowest BCUT2D eigenvalue weighted by molar-refractivity contribution is -0.149. The minimum atomic E-state index is -3.62. The van der Waals surface area contributed by atoms with Gasteiger partial charge < -0.3 is 9.84 Å². The van der Waals surface area contributed by atoms with E-state index in [0.717, 1.165) is 5.56 Å². The van der Waals surface area contributed by atoms with Crippen molar-refractivity contribution in [1.82, 2.24) is 4.72 Å². The van der Waals surface area contributed by atoms with E-state index < -0.39 is 21.4 Å². The maximum atomic E-state index is 12.5. The van der Waals surface area contributed by atoms with E-state index >= 15 is 0 Å². The van der Waals surface area contributed by atoms with Crippen LogP contribution in [0.25, 0.3) is 0 Å². The Morgan fingerprint density at radius 1 is 1.38 bits per heavy atom. The smallest absolute Gasteiger partial charge is 0.309 e. The predicted molar refractivity (Wildman–Crippen MR) is 90.7 cm³/mol. The molecule has 1 saturated carbocycles. The fraction of sp³-hybridized carbons (Fsp3) is 0.588. The Labute approximate surface area is 143 Å². The van der Waals surface area contributed by atoms with Crippen molar-refractivity contribution in [2.45, 2.75) is 57.4 Å². The first-order valence-corrected chi connectivity index (χ1v) is 9.65. The van der Waals surface area contributed by atoms with E-state index in [9.17, 15) is 18.3 Å². The number of sulfonamides is 1. The van der Waals surface area contributed by atoms with E-state index in [-0.39, 0.29) is 10.9 Å². The number of hydrogen-bond acceptors (Lipinski definition) is 4. The minimum Gasteiger partial charge on any atom is -0.494 e. The second-order valence-electron chi connectivity index (χ2n) is 6.62. The van der Waals surface area contributed by atoms with Crippen molar-refractivity contribution in [2.75, 3.05) is 6.61 Å². The van der Waals surface area contributed by atoms with Crippen molar-refractivity contribution in [3.8, 4) is 5.75 Å². The number of carbonyl (C=O) groups is 1. The normalized spacial score (nSPS) is 24.5. The van der Waals surface area contributed by atoms with E-state index in [1.165, 1.54) is 6.07 Å². The van der Waals surface area contributed by atoms with Gasteiger partial charge in [-0.15, -0.1) is 0 Å². The fourth-order valence-electron chi connectivity index (χ4n) is 2.98. The lowest BCUT2D eigenvalue weighted by Crippen LogP contribution is -2.42. The first kappa shape index (κ1) is 18.7. The molecule has 7 heteroatoms. The molecule has 0 aliphatic heterocycles. The van der Waals surface area contributed by atoms with Crippen LogP contribution in [0.2, 0.25) is 0 Å². The van der Waals surface area contributed by atoms with Crippen molar-refractivity contribution < 1.29 is 23.1 Å². The van der Waals surface area contributed by atoms with Gasteiger partial charge in [0.15, 0.2) is 0 Å². The van der Waals surface area contributed by atoms with Crippen LogP contribution in [-0.4, -0.2) is 32.1 Å². The van der Waals surface area contributed by atoms with Gasteiger partial charge in [0.05, 0.1) is 16.9 Å². The highest BCUT2D eigenvalue weighted by molar-refractivity contribution is 7.89. The van der Waals surface area contributed by atoms with Crippen molar-refractivity contribution in [3.63, 3.8) is 0 Å². The second kappa shape index (κ2) is 7.11. The number of hydrogen-bond donors (Lipinski definition) is 2. The lowest BCUT2D eigenvalue weighted by atomic mass is 9.74. The molecule has 0 aromatic heterocycles. The average Bonchev–Trinajstić information content (AvgIpc) is 2.51. The zero-order chi connectivity index (χ0) is 18.0. The standard InChI is InChI=1S/C17H25NO5S/c1-4-23-15-6-5-14(11-12(15)2)24(21,22)18-13-7-9-17(3,10-8-13)16(19)20/h5-6,11,13,18H,4,7-10H2,1-3H3,(H,19,20). The molecule has 2 rings (SSSR count). The van der Waals surface area contributed by atoms with Crippen molar-refractivity contribution >= 4 is 16.0 Å². The third kappa shape index (κ3) is 4.08. The van der Waals surface area contributed by atoms with E-state index in [1.54, 1.807) is 19.1 Å². The molecule has 0 bridgehead atoms. The Kier molecular flexibility index (Phi) is 5.55. The highest BCUT2D eigenvalue weighted by Crippen LogP contribution is 2.36. The largest absolute Gasteiger partial charge is 0.494 e. The monoisotopic (exact) mass is 355 g/mol. The number of ether oxygens (including phenoxy) is 1. The van der Waals surface area contributed by atoms with Crippen LogP contribution >= 0.6 is 0 Å². The molecule has 0 amide bonds. The van der Waals surface area contributed by atoms with Crippen LogP contribution in [0.5, 0.6) is 5.75 Å². The van der Waals surface area contributed by atoms with Gasteiger partial charge in [-0.1, -0.05) is 0 Å². The van der Waals surface area contributed by atoms with Crippen molar-refractivity contribution in [2.24, 2.45) is 5.41 Å². The summed E-state index contributed by atoms with van der Waals surface area (Å²) in [4.78, 5) is 11.5. The molecule has 6 nitrogen and oxygen atoms in total. The van der Waals surface area contributed by atoms with E-state index in [4.69, 9.17) is 4.74 Å². The minimum absolute atomic E-state index is 0.204. The first-order valence-electron chi connectivity index (χ1n) is 8.17. The first-order chi connectivity index (χ1) is 11.2. The maximum absolute atomic E-state index is 12.5. The lowest BCUT2D eigenvalue weighted by Gasteiger charge is -2.34. The average molecular weight is 355 g/mol. The van der Waals surface area contributed by atoms with Crippen LogP contribution in [0, 0.1) is 12.3 Å². The molecule has 0 saturated heterocycles. The summed E-state index contributed by atoms with van der Waals surface area (Å²) in [5.74, 6) is -0.141. The van der Waals surface area contributed by atoms with Crippen LogP contribution < -0.4 is 9.46 Å². The molecule has 0 spiro atoms. The molecule has 1 aromatic carbocycles. The predicted octanol–water partition coefficient (Wildman–Crippen LogP) is 2.71. The van der Waals surface area contributed by atoms with E-state index in [2.05, 4.69) is 4.72 Å². The Morgan fingerprint density at radius 2 is 2.00 bits per heavy atom. The highest BCUT2D eigenvalue weighted by Gasteiger charge is 2.38. The maximum Gasteiger partial charge on any atom is 0.309 e. The zero-order valence-corrected chi connectivity index (χ0v) is 15.1. The summed E-state index contributed by atoms with van der Waals surface area (Å²) in [6.07, 6.45) is 1.99. The second-order valence-corrected chi connectivity index (χ2v) is 8.34. The molecule has 0 heterocycles. The molecule has 0 unspecified atom stereocenters. The number of aliphatic carboxylic acids is 1. The highest BCUT2D eigenvalue weighted by atomic mass is 32.2. The Morgan fingerprint density at radius 3 is 2.50 bits per heavy atom. The summed E-state index contributed by atoms with van der Waals surface area (Å²) in [5, 5.41) is 9.24. The summed E-state index contributed by atoms with van der Waals surface area (Å²) < 4.78 is 33.2. The number of nitrogens with one attached hydrogen (secondary N) is 1. The van der Waals surface area contributed by atoms with Crippen LogP contribution in [0.3, 0.4) is 0 Å².